The number of carbonyl (C=O) groups is 1. The fourth-order valence-corrected chi connectivity index (χ4v) is 7.52. The number of nitrogens with zero attached hydrogens (tertiary/aromatic N) is 12. The Bertz CT molecular complexity index is 2600. The molecule has 0 aromatic carbocycles. The fraction of sp³-hybridized carbons (Fsp3) is 0.475. The van der Waals surface area contributed by atoms with Gasteiger partial charge in [0.15, 0.2) is 40.6 Å². The molecule has 0 amide bonds. The van der Waals surface area contributed by atoms with E-state index < -0.39 is 41.9 Å². The van der Waals surface area contributed by atoms with Crippen LogP contribution in [0.15, 0.2) is 54.1 Å². The zero-order chi connectivity index (χ0) is 46.1. The van der Waals surface area contributed by atoms with Crippen molar-refractivity contribution in [2.24, 2.45) is 42.9 Å². The van der Waals surface area contributed by atoms with Gasteiger partial charge in [0.2, 0.25) is 17.3 Å². The monoisotopic (exact) mass is 896 g/mol. The van der Waals surface area contributed by atoms with Gasteiger partial charge in [0.05, 0.1) is 23.9 Å². The Morgan fingerprint density at radius 1 is 0.672 bits per heavy atom. The molecule has 6 rings (SSSR count). The van der Waals surface area contributed by atoms with E-state index in [1.165, 1.54) is 15.3 Å². The van der Waals surface area contributed by atoms with Gasteiger partial charge in [-0.25, -0.2) is 32.3 Å². The summed E-state index contributed by atoms with van der Waals surface area (Å²) in [5.41, 5.74) is 23.2. The minimum atomic E-state index is -1.50. The predicted octanol–water partition coefficient (Wildman–Crippen LogP) is 1.09. The van der Waals surface area contributed by atoms with Crippen LogP contribution in [-0.4, -0.2) is 143 Å². The van der Waals surface area contributed by atoms with Gasteiger partial charge in [0, 0.05) is 83.4 Å². The van der Waals surface area contributed by atoms with Crippen LogP contribution in [0.4, 0.5) is 29.2 Å². The highest BCUT2D eigenvalue weighted by Crippen LogP contribution is 2.24. The van der Waals surface area contributed by atoms with Crippen LogP contribution >= 0.6 is 0 Å². The molecule has 24 heteroatoms. The molecule has 4 aromatic heterocycles. The lowest BCUT2D eigenvalue weighted by atomic mass is 10.2. The van der Waals surface area contributed by atoms with Crippen molar-refractivity contribution in [3.63, 3.8) is 0 Å². The fourth-order valence-electron chi connectivity index (χ4n) is 7.52. The van der Waals surface area contributed by atoms with E-state index in [1.807, 2.05) is 0 Å². The number of carboxylic acid groups (broad SMARTS) is 1. The average molecular weight is 897 g/mol. The number of rotatable bonds is 14. The summed E-state index contributed by atoms with van der Waals surface area (Å²) in [5.74, 6) is -2.58. The Kier molecular flexibility index (Phi) is 15.2. The number of aromatic nitrogens is 4. The second-order valence-electron chi connectivity index (χ2n) is 15.2. The third-order valence-corrected chi connectivity index (χ3v) is 10.9. The van der Waals surface area contributed by atoms with Gasteiger partial charge in [0.1, 0.15) is 30.2 Å². The number of unbranched alkanes of at least 4 members (excludes halogenated alkanes) is 3. The van der Waals surface area contributed by atoms with Gasteiger partial charge in [-0.1, -0.05) is 12.8 Å². The SMILES string of the molecule is Cc1cn(CCF)c2nc(N3CCN(C(N)=NC(N)=NCCCCCCN=C(N)N=C(N)N4CCN(c5nc6c(cc5F)c(=O)c(C(=O)O)cn6CCF)CC4)CC3)c(F)cc2c1=O. The van der Waals surface area contributed by atoms with Crippen molar-refractivity contribution in [1.82, 2.24) is 28.9 Å². The van der Waals surface area contributed by atoms with Gasteiger partial charge in [-0.05, 0) is 31.9 Å². The summed E-state index contributed by atoms with van der Waals surface area (Å²) in [6, 6.07) is 2.10. The minimum Gasteiger partial charge on any atom is -0.477 e. The molecular weight excluding hydrogens is 845 g/mol. The summed E-state index contributed by atoms with van der Waals surface area (Å²) in [6.45, 7) is 3.45. The van der Waals surface area contributed by atoms with Crippen molar-refractivity contribution in [2.75, 3.05) is 88.6 Å². The molecule has 2 aliphatic rings. The van der Waals surface area contributed by atoms with Gasteiger partial charge >= 0.3 is 5.97 Å². The normalized spacial score (nSPS) is 15.8. The maximum absolute atomic E-state index is 15.2. The molecule has 0 saturated carbocycles. The highest BCUT2D eigenvalue weighted by molar-refractivity contribution is 5.94. The smallest absolute Gasteiger partial charge is 0.341 e. The molecule has 20 nitrogen and oxygen atoms in total. The first-order chi connectivity index (χ1) is 30.7. The van der Waals surface area contributed by atoms with Crippen molar-refractivity contribution in [3.05, 3.63) is 67.7 Å². The molecule has 4 aromatic rings. The number of hydrogen-bond donors (Lipinski definition) is 5. The quantitative estimate of drug-likeness (QED) is 0.0514. The number of aliphatic imine (C=N–C) groups is 4. The second kappa shape index (κ2) is 20.9. The number of carboxylic acids is 1. The van der Waals surface area contributed by atoms with E-state index in [2.05, 4.69) is 29.9 Å². The summed E-state index contributed by atoms with van der Waals surface area (Å²) in [4.78, 5) is 69.6. The molecule has 9 N–H and O–H groups in total. The van der Waals surface area contributed by atoms with E-state index in [0.29, 0.717) is 57.9 Å². The van der Waals surface area contributed by atoms with Crippen LogP contribution in [0.1, 0.15) is 41.6 Å². The molecule has 2 saturated heterocycles. The summed E-state index contributed by atoms with van der Waals surface area (Å²) < 4.78 is 59.6. The predicted molar refractivity (Wildman–Crippen MR) is 238 cm³/mol. The largest absolute Gasteiger partial charge is 0.477 e. The van der Waals surface area contributed by atoms with Crippen molar-refractivity contribution in [3.8, 4) is 0 Å². The molecule has 344 valence electrons. The highest BCUT2D eigenvalue weighted by Gasteiger charge is 2.26. The number of anilines is 2. The number of aromatic carboxylic acids is 1. The number of guanidine groups is 4. The first kappa shape index (κ1) is 46.5. The summed E-state index contributed by atoms with van der Waals surface area (Å²) in [6.07, 6.45) is 5.71. The number of fused-ring (bicyclic) bond motifs is 2. The molecule has 0 bridgehead atoms. The lowest BCUT2D eigenvalue weighted by Crippen LogP contribution is -2.52. The Labute approximate surface area is 364 Å². The molecule has 0 spiro atoms. The standard InChI is InChI=1S/C40H52F4N16O4/c1-24-22-59(10-6-41)32-25(30(24)61)20-28(43)34(51-32)55-12-16-57(17-13-55)39(47)53-37(45)49-8-4-2-3-5-9-50-38(46)54-40(48)58-18-14-56(15-19-58)35-29(44)21-26-31(62)27(36(63)64)23-60(11-7-42)33(26)52-35/h20-23H,2-19H2,1H3,(H,63,64)(H4,45,47,49,53)(H4,46,48,50,54). The van der Waals surface area contributed by atoms with Crippen molar-refractivity contribution >= 4 is 63.5 Å². The van der Waals surface area contributed by atoms with Crippen LogP contribution in [-0.2, 0) is 13.1 Å². The van der Waals surface area contributed by atoms with Gasteiger partial charge in [-0.3, -0.25) is 19.6 Å². The maximum atomic E-state index is 15.2. The Balaban J connectivity index is 0.906. The number of piperazine rings is 2. The Morgan fingerprint density at radius 2 is 1.09 bits per heavy atom. The molecule has 0 radical (unpaired) electrons. The first-order valence-corrected chi connectivity index (χ1v) is 20.8. The van der Waals surface area contributed by atoms with Crippen molar-refractivity contribution < 1.29 is 27.5 Å². The van der Waals surface area contributed by atoms with Gasteiger partial charge in [-0.2, -0.15) is 9.98 Å². The summed E-state index contributed by atoms with van der Waals surface area (Å²) in [7, 11) is 0. The average Bonchev–Trinajstić information content (AvgIpc) is 3.27. The highest BCUT2D eigenvalue weighted by atomic mass is 19.1. The van der Waals surface area contributed by atoms with Crippen molar-refractivity contribution in [2.45, 2.75) is 45.7 Å². The van der Waals surface area contributed by atoms with Gasteiger partial charge < -0.3 is 56.8 Å². The van der Waals surface area contributed by atoms with Crippen LogP contribution in [0.25, 0.3) is 22.1 Å². The van der Waals surface area contributed by atoms with E-state index >= 15 is 8.78 Å². The Hall–Kier alpha value is -7.01. The number of alkyl halides is 2. The third kappa shape index (κ3) is 10.8. The van der Waals surface area contributed by atoms with E-state index in [1.54, 1.807) is 26.5 Å². The lowest BCUT2D eigenvalue weighted by Gasteiger charge is -2.36. The number of pyridine rings is 4. The van der Waals surface area contributed by atoms with Gasteiger partial charge in [0.25, 0.3) is 0 Å². The van der Waals surface area contributed by atoms with E-state index in [4.69, 9.17) is 22.9 Å². The molecule has 2 fully saturated rings. The summed E-state index contributed by atoms with van der Waals surface area (Å²) >= 11 is 0. The topological polar surface area (TPSA) is 274 Å². The zero-order valence-corrected chi connectivity index (χ0v) is 35.4. The molecule has 6 heterocycles. The van der Waals surface area contributed by atoms with Crippen LogP contribution in [0, 0.1) is 18.6 Å². The second-order valence-corrected chi connectivity index (χ2v) is 15.2. The van der Waals surface area contributed by atoms with Crippen molar-refractivity contribution in [1.29, 1.82) is 0 Å². The Morgan fingerprint density at radius 3 is 1.52 bits per heavy atom. The van der Waals surface area contributed by atoms with Crippen LogP contribution in [0.5, 0.6) is 0 Å². The first-order valence-electron chi connectivity index (χ1n) is 20.8. The molecular formula is C40H52F4N16O4. The van der Waals surface area contributed by atoms with Crippen LogP contribution < -0.4 is 43.6 Å². The third-order valence-electron chi connectivity index (χ3n) is 10.9. The van der Waals surface area contributed by atoms with Crippen LogP contribution in [0.2, 0.25) is 0 Å². The zero-order valence-electron chi connectivity index (χ0n) is 35.4. The molecule has 64 heavy (non-hydrogen) atoms. The van der Waals surface area contributed by atoms with Gasteiger partial charge in [-0.15, -0.1) is 0 Å². The maximum Gasteiger partial charge on any atom is 0.341 e. The van der Waals surface area contributed by atoms with Crippen LogP contribution in [0.3, 0.4) is 0 Å². The molecule has 0 unspecified atom stereocenters. The number of nitrogens with two attached hydrogens (primary N) is 4. The summed E-state index contributed by atoms with van der Waals surface area (Å²) in [5, 5.41) is 9.23. The molecule has 0 aliphatic carbocycles. The number of hydrogen-bond acceptors (Lipinski definition) is 9. The van der Waals surface area contributed by atoms with E-state index in [0.717, 1.165) is 44.0 Å². The van der Waals surface area contributed by atoms with E-state index in [9.17, 15) is 28.3 Å². The lowest BCUT2D eigenvalue weighted by molar-refractivity contribution is 0.0694. The molecule has 2 aliphatic heterocycles. The molecule has 0 atom stereocenters. The number of halogens is 4. The van der Waals surface area contributed by atoms with E-state index in [-0.39, 0.29) is 89.1 Å². The minimum absolute atomic E-state index is 0.00812. The number of aryl methyl sites for hydroxylation is 3.